The number of benzene rings is 2. The number of hydrogen-bond donors (Lipinski definition) is 0. The van der Waals surface area contributed by atoms with Gasteiger partial charge >= 0.3 is 0 Å². The maximum atomic E-state index is 12.5. The normalized spacial score (nSPS) is 16.2. The van der Waals surface area contributed by atoms with Crippen molar-refractivity contribution in [1.82, 2.24) is 0 Å². The zero-order chi connectivity index (χ0) is 16.6. The van der Waals surface area contributed by atoms with Crippen LogP contribution in [0.1, 0.15) is 33.8 Å². The van der Waals surface area contributed by atoms with Crippen LogP contribution >= 0.6 is 15.9 Å². The van der Waals surface area contributed by atoms with Crippen LogP contribution in [0.4, 0.5) is 0 Å². The number of halogens is 1. The summed E-state index contributed by atoms with van der Waals surface area (Å²) in [7, 11) is 4.80. The molecule has 0 aromatic heterocycles. The van der Waals surface area contributed by atoms with Crippen molar-refractivity contribution in [2.24, 2.45) is 0 Å². The van der Waals surface area contributed by atoms with Gasteiger partial charge in [0.1, 0.15) is 5.75 Å². The Morgan fingerprint density at radius 2 is 1.70 bits per heavy atom. The summed E-state index contributed by atoms with van der Waals surface area (Å²) in [5.41, 5.74) is 2.62. The lowest BCUT2D eigenvalue weighted by Crippen LogP contribution is -2.01. The van der Waals surface area contributed by atoms with Gasteiger partial charge in [-0.05, 0) is 39.7 Å². The second-order valence-electron chi connectivity index (χ2n) is 5.34. The van der Waals surface area contributed by atoms with Crippen LogP contribution in [-0.2, 0) is 0 Å². The molecule has 1 aliphatic rings. The third-order valence-corrected chi connectivity index (χ3v) is 4.82. The number of fused-ring (bicyclic) bond motifs is 1. The van der Waals surface area contributed by atoms with Gasteiger partial charge in [-0.25, -0.2) is 0 Å². The Balaban J connectivity index is 2.17. The zero-order valence-corrected chi connectivity index (χ0v) is 14.8. The van der Waals surface area contributed by atoms with Crippen LogP contribution < -0.4 is 14.2 Å². The molecule has 1 unspecified atom stereocenters. The van der Waals surface area contributed by atoms with E-state index >= 15 is 0 Å². The molecule has 0 radical (unpaired) electrons. The molecule has 4 nitrogen and oxygen atoms in total. The van der Waals surface area contributed by atoms with Gasteiger partial charge < -0.3 is 14.2 Å². The van der Waals surface area contributed by atoms with E-state index < -0.39 is 0 Å². The molecule has 2 aromatic carbocycles. The van der Waals surface area contributed by atoms with Gasteiger partial charge in [0.15, 0.2) is 17.3 Å². The fourth-order valence-electron chi connectivity index (χ4n) is 3.12. The fourth-order valence-corrected chi connectivity index (χ4v) is 3.67. The van der Waals surface area contributed by atoms with E-state index in [9.17, 15) is 4.79 Å². The molecule has 3 rings (SSSR count). The van der Waals surface area contributed by atoms with Gasteiger partial charge in [-0.1, -0.05) is 12.1 Å². The van der Waals surface area contributed by atoms with Gasteiger partial charge in [0.05, 0.1) is 25.8 Å². The fraction of sp³-hybridized carbons (Fsp3) is 0.278. The molecular weight excluding hydrogens is 360 g/mol. The Hall–Kier alpha value is -2.01. The van der Waals surface area contributed by atoms with Gasteiger partial charge in [-0.15, -0.1) is 0 Å². The van der Waals surface area contributed by atoms with E-state index in [1.165, 1.54) is 0 Å². The zero-order valence-electron chi connectivity index (χ0n) is 13.2. The van der Waals surface area contributed by atoms with Crippen molar-refractivity contribution in [3.8, 4) is 17.2 Å². The van der Waals surface area contributed by atoms with Gasteiger partial charge in [0.2, 0.25) is 0 Å². The SMILES string of the molecule is COc1cc2c(cc1OC)C(c1cccc(Br)c1OC)CC2=O. The number of carbonyl (C=O) groups is 1. The maximum absolute atomic E-state index is 12.5. The standard InChI is InChI=1S/C18H17BrO4/c1-21-16-8-12-11(7-15(20)13(12)9-17(16)22-2)10-5-4-6-14(19)18(10)23-3/h4-6,8-9,11H,7H2,1-3H3. The first kappa shape index (κ1) is 15.9. The first-order chi connectivity index (χ1) is 11.1. The summed E-state index contributed by atoms with van der Waals surface area (Å²) in [5.74, 6) is 2.01. The lowest BCUT2D eigenvalue weighted by atomic mass is 9.92. The Labute approximate surface area is 143 Å². The minimum Gasteiger partial charge on any atom is -0.495 e. The molecule has 2 aromatic rings. The molecule has 0 fully saturated rings. The Bertz CT molecular complexity index is 770. The molecule has 23 heavy (non-hydrogen) atoms. The van der Waals surface area contributed by atoms with Gasteiger partial charge in [-0.3, -0.25) is 4.79 Å². The van der Waals surface area contributed by atoms with E-state index in [1.807, 2.05) is 24.3 Å². The summed E-state index contributed by atoms with van der Waals surface area (Å²) in [6, 6.07) is 9.53. The van der Waals surface area contributed by atoms with Crippen molar-refractivity contribution < 1.29 is 19.0 Å². The summed E-state index contributed by atoms with van der Waals surface area (Å²) >= 11 is 3.51. The van der Waals surface area contributed by atoms with Gasteiger partial charge in [0, 0.05) is 23.5 Å². The van der Waals surface area contributed by atoms with Crippen LogP contribution in [0, 0.1) is 0 Å². The molecule has 0 spiro atoms. The quantitative estimate of drug-likeness (QED) is 0.802. The predicted octanol–water partition coefficient (Wildman–Crippen LogP) is 4.19. The topological polar surface area (TPSA) is 44.8 Å². The van der Waals surface area contributed by atoms with E-state index in [-0.39, 0.29) is 11.7 Å². The van der Waals surface area contributed by atoms with E-state index in [2.05, 4.69) is 15.9 Å². The first-order valence-corrected chi connectivity index (χ1v) is 8.01. The van der Waals surface area contributed by atoms with Crippen molar-refractivity contribution >= 4 is 21.7 Å². The molecule has 0 aliphatic heterocycles. The third kappa shape index (κ3) is 2.59. The highest BCUT2D eigenvalue weighted by atomic mass is 79.9. The maximum Gasteiger partial charge on any atom is 0.164 e. The van der Waals surface area contributed by atoms with Crippen molar-refractivity contribution in [2.45, 2.75) is 12.3 Å². The largest absolute Gasteiger partial charge is 0.495 e. The predicted molar refractivity (Wildman–Crippen MR) is 91.0 cm³/mol. The average Bonchev–Trinajstić information content (AvgIpc) is 2.89. The molecule has 0 saturated heterocycles. The number of carbonyl (C=O) groups excluding carboxylic acids is 1. The number of rotatable bonds is 4. The van der Waals surface area contributed by atoms with Crippen LogP contribution in [0.25, 0.3) is 0 Å². The van der Waals surface area contributed by atoms with Gasteiger partial charge in [0.25, 0.3) is 0 Å². The first-order valence-electron chi connectivity index (χ1n) is 7.22. The highest BCUT2D eigenvalue weighted by Gasteiger charge is 2.34. The van der Waals surface area contributed by atoms with E-state index in [4.69, 9.17) is 14.2 Å². The number of methoxy groups -OCH3 is 3. The Kier molecular flexibility index (Phi) is 4.31. The number of Topliss-reactive ketones (excluding diaryl/α,β-unsaturated/α-hetero) is 1. The summed E-state index contributed by atoms with van der Waals surface area (Å²) in [5, 5.41) is 0. The molecule has 5 heteroatoms. The van der Waals surface area contributed by atoms with E-state index in [0.29, 0.717) is 23.5 Å². The minimum absolute atomic E-state index is 0.0512. The molecule has 0 N–H and O–H groups in total. The lowest BCUT2D eigenvalue weighted by Gasteiger charge is -2.17. The highest BCUT2D eigenvalue weighted by molar-refractivity contribution is 9.10. The Morgan fingerprint density at radius 1 is 1.00 bits per heavy atom. The summed E-state index contributed by atoms with van der Waals surface area (Å²) in [6.45, 7) is 0. The number of para-hydroxylation sites is 1. The molecule has 1 atom stereocenters. The van der Waals surface area contributed by atoms with Crippen molar-refractivity contribution in [3.63, 3.8) is 0 Å². The number of hydrogen-bond acceptors (Lipinski definition) is 4. The smallest absolute Gasteiger partial charge is 0.164 e. The summed E-state index contributed by atoms with van der Waals surface area (Å²) in [6.07, 6.45) is 0.415. The van der Waals surface area contributed by atoms with Crippen molar-refractivity contribution in [3.05, 3.63) is 51.5 Å². The molecule has 0 heterocycles. The van der Waals surface area contributed by atoms with Crippen LogP contribution in [0.15, 0.2) is 34.8 Å². The van der Waals surface area contributed by atoms with Crippen LogP contribution in [0.5, 0.6) is 17.2 Å². The third-order valence-electron chi connectivity index (χ3n) is 4.20. The second kappa shape index (κ2) is 6.24. The van der Waals surface area contributed by atoms with Crippen LogP contribution in [0.3, 0.4) is 0 Å². The molecule has 0 bridgehead atoms. The summed E-state index contributed by atoms with van der Waals surface area (Å²) < 4.78 is 17.1. The molecule has 0 saturated carbocycles. The van der Waals surface area contributed by atoms with E-state index in [1.54, 1.807) is 27.4 Å². The number of ether oxygens (including phenoxy) is 3. The second-order valence-corrected chi connectivity index (χ2v) is 6.19. The monoisotopic (exact) mass is 376 g/mol. The molecular formula is C18H17BrO4. The van der Waals surface area contributed by atoms with Gasteiger partial charge in [-0.2, -0.15) is 0 Å². The Morgan fingerprint density at radius 3 is 2.35 bits per heavy atom. The highest BCUT2D eigenvalue weighted by Crippen LogP contribution is 2.46. The van der Waals surface area contributed by atoms with Crippen molar-refractivity contribution in [1.29, 1.82) is 0 Å². The molecule has 0 amide bonds. The lowest BCUT2D eigenvalue weighted by molar-refractivity contribution is 0.0991. The average molecular weight is 377 g/mol. The number of ketones is 1. The van der Waals surface area contributed by atoms with Crippen LogP contribution in [0.2, 0.25) is 0 Å². The summed E-state index contributed by atoms with van der Waals surface area (Å²) in [4.78, 5) is 12.5. The minimum atomic E-state index is -0.0512. The molecule has 120 valence electrons. The van der Waals surface area contributed by atoms with Crippen molar-refractivity contribution in [2.75, 3.05) is 21.3 Å². The van der Waals surface area contributed by atoms with E-state index in [0.717, 1.165) is 21.3 Å². The van der Waals surface area contributed by atoms with Crippen LogP contribution in [-0.4, -0.2) is 27.1 Å². The molecule has 1 aliphatic carbocycles.